The Bertz CT molecular complexity index is 248. The molecule has 0 saturated heterocycles. The highest BCUT2D eigenvalue weighted by Gasteiger charge is 2.07. The molecule has 1 aromatic rings. The van der Waals surface area contributed by atoms with Crippen LogP contribution in [0.5, 0.6) is 0 Å². The first kappa shape index (κ1) is 10.2. The third-order valence-corrected chi connectivity index (χ3v) is 2.58. The molecule has 0 fully saturated rings. The van der Waals surface area contributed by atoms with Crippen molar-refractivity contribution in [1.82, 2.24) is 10.2 Å². The number of rotatable bonds is 5. The predicted molar refractivity (Wildman–Crippen MR) is 56.9 cm³/mol. The largest absolute Gasteiger partial charge is 0.374 e. The van der Waals surface area contributed by atoms with Crippen LogP contribution in [0.4, 0.5) is 10.3 Å². The molecule has 0 aliphatic rings. The molecule has 3 N–H and O–H groups in total. The Kier molecular flexibility index (Phi) is 3.95. The zero-order valence-corrected chi connectivity index (χ0v) is 8.90. The van der Waals surface area contributed by atoms with Gasteiger partial charge in [-0.1, -0.05) is 31.6 Å². The van der Waals surface area contributed by atoms with E-state index < -0.39 is 0 Å². The van der Waals surface area contributed by atoms with E-state index in [1.165, 1.54) is 17.8 Å². The fourth-order valence-electron chi connectivity index (χ4n) is 1.19. The van der Waals surface area contributed by atoms with Gasteiger partial charge in [-0.05, 0) is 12.8 Å². The second kappa shape index (κ2) is 5.01. The maximum Gasteiger partial charge on any atom is 0.207 e. The van der Waals surface area contributed by atoms with Gasteiger partial charge < -0.3 is 11.1 Å². The van der Waals surface area contributed by atoms with E-state index in [9.17, 15) is 0 Å². The zero-order valence-electron chi connectivity index (χ0n) is 8.08. The van der Waals surface area contributed by atoms with Gasteiger partial charge in [0.15, 0.2) is 0 Å². The van der Waals surface area contributed by atoms with Crippen LogP contribution in [0.1, 0.15) is 33.1 Å². The van der Waals surface area contributed by atoms with E-state index in [0.29, 0.717) is 11.2 Å². The first-order valence-corrected chi connectivity index (χ1v) is 5.43. The summed E-state index contributed by atoms with van der Waals surface area (Å²) in [7, 11) is 0. The molecular weight excluding hydrogens is 184 g/mol. The molecule has 1 unspecified atom stereocenters. The molecule has 0 aliphatic heterocycles. The number of nitrogen functional groups attached to an aromatic ring is 1. The lowest BCUT2D eigenvalue weighted by Crippen LogP contribution is -2.17. The number of aromatic nitrogens is 2. The van der Waals surface area contributed by atoms with Crippen LogP contribution in [0.2, 0.25) is 0 Å². The molecular formula is C8H16N4S. The molecule has 0 aliphatic carbocycles. The van der Waals surface area contributed by atoms with E-state index >= 15 is 0 Å². The topological polar surface area (TPSA) is 63.8 Å². The number of anilines is 2. The molecule has 0 aromatic carbocycles. The van der Waals surface area contributed by atoms with Gasteiger partial charge in [-0.15, -0.1) is 10.2 Å². The van der Waals surface area contributed by atoms with Crippen molar-refractivity contribution >= 4 is 21.6 Å². The van der Waals surface area contributed by atoms with Gasteiger partial charge in [0.25, 0.3) is 0 Å². The predicted octanol–water partition coefficient (Wildman–Crippen LogP) is 2.11. The Morgan fingerprint density at radius 3 is 2.69 bits per heavy atom. The number of nitrogens with zero attached hydrogens (tertiary/aromatic N) is 2. The molecule has 0 bridgehead atoms. The van der Waals surface area contributed by atoms with Gasteiger partial charge in [-0.2, -0.15) is 0 Å². The van der Waals surface area contributed by atoms with E-state index in [0.717, 1.165) is 18.0 Å². The highest BCUT2D eigenvalue weighted by Crippen LogP contribution is 2.19. The van der Waals surface area contributed by atoms with Crippen LogP contribution in [-0.2, 0) is 0 Å². The van der Waals surface area contributed by atoms with Crippen molar-refractivity contribution in [3.63, 3.8) is 0 Å². The second-order valence-corrected chi connectivity index (χ2v) is 3.99. The maximum atomic E-state index is 5.47. The summed E-state index contributed by atoms with van der Waals surface area (Å²) in [6.45, 7) is 4.34. The number of hydrogen-bond donors (Lipinski definition) is 2. The van der Waals surface area contributed by atoms with Crippen LogP contribution in [0.3, 0.4) is 0 Å². The normalized spacial score (nSPS) is 12.8. The molecule has 0 spiro atoms. The van der Waals surface area contributed by atoms with Crippen molar-refractivity contribution in [3.05, 3.63) is 0 Å². The minimum Gasteiger partial charge on any atom is -0.374 e. The van der Waals surface area contributed by atoms with Crippen LogP contribution in [-0.4, -0.2) is 16.2 Å². The molecule has 1 aromatic heterocycles. The van der Waals surface area contributed by atoms with Crippen LogP contribution >= 0.6 is 11.3 Å². The lowest BCUT2D eigenvalue weighted by atomic mass is 10.1. The molecule has 5 heteroatoms. The molecule has 74 valence electrons. The third kappa shape index (κ3) is 3.18. The van der Waals surface area contributed by atoms with Crippen molar-refractivity contribution < 1.29 is 0 Å². The van der Waals surface area contributed by atoms with E-state index in [-0.39, 0.29) is 0 Å². The number of hydrogen-bond acceptors (Lipinski definition) is 5. The van der Waals surface area contributed by atoms with Crippen LogP contribution < -0.4 is 11.1 Å². The molecule has 13 heavy (non-hydrogen) atoms. The van der Waals surface area contributed by atoms with Crippen molar-refractivity contribution in [2.45, 2.75) is 39.2 Å². The first-order chi connectivity index (χ1) is 6.26. The molecule has 0 radical (unpaired) electrons. The summed E-state index contributed by atoms with van der Waals surface area (Å²) in [6, 6.07) is 0.498. The summed E-state index contributed by atoms with van der Waals surface area (Å²) in [6.07, 6.45) is 3.45. The van der Waals surface area contributed by atoms with Gasteiger partial charge in [-0.25, -0.2) is 0 Å². The molecule has 4 nitrogen and oxygen atoms in total. The fraction of sp³-hybridized carbons (Fsp3) is 0.750. The van der Waals surface area contributed by atoms with Crippen molar-refractivity contribution in [2.24, 2.45) is 0 Å². The monoisotopic (exact) mass is 200 g/mol. The second-order valence-electron chi connectivity index (χ2n) is 2.98. The minimum atomic E-state index is 0.498. The highest BCUT2D eigenvalue weighted by atomic mass is 32.1. The van der Waals surface area contributed by atoms with Crippen LogP contribution in [0, 0.1) is 0 Å². The van der Waals surface area contributed by atoms with Crippen molar-refractivity contribution in [3.8, 4) is 0 Å². The molecule has 0 amide bonds. The van der Waals surface area contributed by atoms with Gasteiger partial charge in [0.2, 0.25) is 10.3 Å². The average Bonchev–Trinajstić information content (AvgIpc) is 2.50. The Morgan fingerprint density at radius 1 is 1.46 bits per heavy atom. The van der Waals surface area contributed by atoms with Crippen molar-refractivity contribution in [2.75, 3.05) is 11.1 Å². The smallest absolute Gasteiger partial charge is 0.207 e. The first-order valence-electron chi connectivity index (χ1n) is 4.61. The lowest BCUT2D eigenvalue weighted by molar-refractivity contribution is 0.621. The summed E-state index contributed by atoms with van der Waals surface area (Å²) >= 11 is 1.40. The van der Waals surface area contributed by atoms with Gasteiger partial charge in [0.1, 0.15) is 0 Å². The van der Waals surface area contributed by atoms with Gasteiger partial charge in [-0.3, -0.25) is 0 Å². The Hall–Kier alpha value is -0.840. The number of nitrogens with two attached hydrogens (primary N) is 1. The standard InChI is InChI=1S/C8H16N4S/c1-3-5-6(4-2)10-8-12-11-7(9)13-8/h6H,3-5H2,1-2H3,(H2,9,11)(H,10,12). The van der Waals surface area contributed by atoms with E-state index in [1.807, 2.05) is 0 Å². The summed E-state index contributed by atoms with van der Waals surface area (Å²) in [4.78, 5) is 0. The fourth-order valence-corrected chi connectivity index (χ4v) is 1.78. The molecule has 0 saturated carbocycles. The summed E-state index contributed by atoms with van der Waals surface area (Å²) in [5, 5.41) is 12.3. The van der Waals surface area contributed by atoms with Gasteiger partial charge >= 0.3 is 0 Å². The maximum absolute atomic E-state index is 5.47. The van der Waals surface area contributed by atoms with Crippen molar-refractivity contribution in [1.29, 1.82) is 0 Å². The Morgan fingerprint density at radius 2 is 2.23 bits per heavy atom. The van der Waals surface area contributed by atoms with Gasteiger partial charge in [0, 0.05) is 6.04 Å². The third-order valence-electron chi connectivity index (χ3n) is 1.90. The minimum absolute atomic E-state index is 0.498. The quantitative estimate of drug-likeness (QED) is 0.764. The number of nitrogens with one attached hydrogen (secondary N) is 1. The van der Waals surface area contributed by atoms with Gasteiger partial charge in [0.05, 0.1) is 0 Å². The summed E-state index contributed by atoms with van der Waals surface area (Å²) < 4.78 is 0. The highest BCUT2D eigenvalue weighted by molar-refractivity contribution is 7.18. The summed E-state index contributed by atoms with van der Waals surface area (Å²) in [5.74, 6) is 0. The molecule has 1 rings (SSSR count). The van der Waals surface area contributed by atoms with E-state index in [2.05, 4.69) is 29.4 Å². The van der Waals surface area contributed by atoms with E-state index in [1.54, 1.807) is 0 Å². The lowest BCUT2D eigenvalue weighted by Gasteiger charge is -2.13. The Balaban J connectivity index is 2.46. The van der Waals surface area contributed by atoms with E-state index in [4.69, 9.17) is 5.73 Å². The SMILES string of the molecule is CCCC(CC)Nc1nnc(N)s1. The zero-order chi connectivity index (χ0) is 9.68. The molecule has 1 atom stereocenters. The van der Waals surface area contributed by atoms with Crippen LogP contribution in [0.25, 0.3) is 0 Å². The Labute approximate surface area is 82.6 Å². The van der Waals surface area contributed by atoms with Crippen LogP contribution in [0.15, 0.2) is 0 Å². The molecule has 1 heterocycles. The average molecular weight is 200 g/mol. The summed E-state index contributed by atoms with van der Waals surface area (Å²) in [5.41, 5.74) is 5.47.